The van der Waals surface area contributed by atoms with Crippen molar-refractivity contribution in [2.45, 2.75) is 52.5 Å². The Bertz CT molecular complexity index is 1020. The lowest BCUT2D eigenvalue weighted by Crippen LogP contribution is -2.34. The van der Waals surface area contributed by atoms with Crippen molar-refractivity contribution in [3.05, 3.63) is 59.0 Å². The van der Waals surface area contributed by atoms with Crippen molar-refractivity contribution in [1.29, 1.82) is 0 Å². The number of hydrogen-bond acceptors (Lipinski definition) is 3. The molecule has 1 fully saturated rings. The van der Waals surface area contributed by atoms with Gasteiger partial charge in [-0.2, -0.15) is 0 Å². The number of fused-ring (bicyclic) bond motifs is 1. The summed E-state index contributed by atoms with van der Waals surface area (Å²) in [4.78, 5) is 15.4. The lowest BCUT2D eigenvalue weighted by Gasteiger charge is -2.19. The van der Waals surface area contributed by atoms with Crippen LogP contribution in [0.4, 0.5) is 0 Å². The second-order valence-electron chi connectivity index (χ2n) is 9.47. The Labute approximate surface area is 179 Å². The highest BCUT2D eigenvalue weighted by Crippen LogP contribution is 2.26. The van der Waals surface area contributed by atoms with Gasteiger partial charge in [0.15, 0.2) is 5.58 Å². The molecule has 1 N–H and O–H groups in total. The molecule has 0 atom stereocenters. The summed E-state index contributed by atoms with van der Waals surface area (Å²) in [5, 5.41) is 3.10. The topological polar surface area (TPSA) is 50.4 Å². The van der Waals surface area contributed by atoms with Crippen LogP contribution in [0.1, 0.15) is 61.0 Å². The van der Waals surface area contributed by atoms with E-state index in [-0.39, 0.29) is 11.3 Å². The van der Waals surface area contributed by atoms with Crippen LogP contribution in [0.5, 0.6) is 0 Å². The minimum Gasteiger partial charge on any atom is -0.460 e. The first-order chi connectivity index (χ1) is 14.3. The molecule has 1 aliphatic rings. The van der Waals surface area contributed by atoms with Gasteiger partial charge in [-0.3, -0.25) is 4.79 Å². The summed E-state index contributed by atoms with van der Waals surface area (Å²) in [7, 11) is 0. The molecule has 1 aliphatic heterocycles. The molecule has 0 radical (unpaired) electrons. The molecule has 5 heteroatoms. The minimum atomic E-state index is -0.0374. The first kappa shape index (κ1) is 20.7. The third-order valence-electron chi connectivity index (χ3n) is 6.02. The van der Waals surface area contributed by atoms with Crippen LogP contribution >= 0.6 is 0 Å². The van der Waals surface area contributed by atoms with Crippen LogP contribution in [0.3, 0.4) is 0 Å². The molecule has 0 aliphatic carbocycles. The molecular weight excluding hydrogens is 374 g/mol. The summed E-state index contributed by atoms with van der Waals surface area (Å²) >= 11 is 0. The van der Waals surface area contributed by atoms with E-state index < -0.39 is 0 Å². The molecule has 4 rings (SSSR count). The van der Waals surface area contributed by atoms with Crippen molar-refractivity contribution in [2.24, 2.45) is 0 Å². The SMILES string of the molecule is Cc1cc2c(cc(C(=O)NCCN3CCCC3)n2Cc2ccc(C(C)(C)C)cc2)o1. The molecule has 1 saturated heterocycles. The Hall–Kier alpha value is -2.53. The number of nitrogens with zero attached hydrogens (tertiary/aromatic N) is 2. The molecule has 3 heterocycles. The van der Waals surface area contributed by atoms with E-state index in [2.05, 4.69) is 59.8 Å². The molecule has 0 spiro atoms. The van der Waals surface area contributed by atoms with Gasteiger partial charge in [-0.25, -0.2) is 0 Å². The largest absolute Gasteiger partial charge is 0.460 e. The van der Waals surface area contributed by atoms with Gasteiger partial charge in [0.2, 0.25) is 0 Å². The number of likely N-dealkylation sites (tertiary alicyclic amines) is 1. The molecule has 0 unspecified atom stereocenters. The minimum absolute atomic E-state index is 0.0374. The van der Waals surface area contributed by atoms with Crippen molar-refractivity contribution < 1.29 is 9.21 Å². The number of aryl methyl sites for hydroxylation is 1. The van der Waals surface area contributed by atoms with E-state index in [1.807, 2.05) is 19.1 Å². The van der Waals surface area contributed by atoms with Gasteiger partial charge in [0, 0.05) is 31.8 Å². The molecule has 30 heavy (non-hydrogen) atoms. The van der Waals surface area contributed by atoms with Crippen LogP contribution in [-0.4, -0.2) is 41.6 Å². The van der Waals surface area contributed by atoms with E-state index in [1.165, 1.54) is 24.0 Å². The molecule has 1 aromatic carbocycles. The zero-order valence-electron chi connectivity index (χ0n) is 18.6. The zero-order valence-corrected chi connectivity index (χ0v) is 18.6. The van der Waals surface area contributed by atoms with E-state index in [0.29, 0.717) is 18.8 Å². The van der Waals surface area contributed by atoms with Gasteiger partial charge in [0.25, 0.3) is 5.91 Å². The lowest BCUT2D eigenvalue weighted by molar-refractivity contribution is 0.0941. The maximum Gasteiger partial charge on any atom is 0.268 e. The Morgan fingerprint density at radius 1 is 1.10 bits per heavy atom. The Balaban J connectivity index is 1.54. The van der Waals surface area contributed by atoms with Crippen LogP contribution in [0.25, 0.3) is 11.1 Å². The highest BCUT2D eigenvalue weighted by Gasteiger charge is 2.20. The van der Waals surface area contributed by atoms with Gasteiger partial charge >= 0.3 is 0 Å². The van der Waals surface area contributed by atoms with Gasteiger partial charge < -0.3 is 19.2 Å². The normalized spacial score (nSPS) is 15.2. The Kier molecular flexibility index (Phi) is 5.74. The molecular formula is C25H33N3O2. The first-order valence-corrected chi connectivity index (χ1v) is 11.0. The molecule has 0 saturated carbocycles. The van der Waals surface area contributed by atoms with E-state index in [1.54, 1.807) is 0 Å². The maximum absolute atomic E-state index is 13.0. The van der Waals surface area contributed by atoms with Crippen LogP contribution in [-0.2, 0) is 12.0 Å². The number of benzene rings is 1. The van der Waals surface area contributed by atoms with Crippen molar-refractivity contribution in [3.63, 3.8) is 0 Å². The van der Waals surface area contributed by atoms with Crippen molar-refractivity contribution in [2.75, 3.05) is 26.2 Å². The third-order valence-corrected chi connectivity index (χ3v) is 6.02. The number of rotatable bonds is 6. The van der Waals surface area contributed by atoms with Crippen molar-refractivity contribution in [1.82, 2.24) is 14.8 Å². The quantitative estimate of drug-likeness (QED) is 0.644. The summed E-state index contributed by atoms with van der Waals surface area (Å²) in [6.07, 6.45) is 2.53. The summed E-state index contributed by atoms with van der Waals surface area (Å²) in [5.74, 6) is 0.822. The monoisotopic (exact) mass is 407 g/mol. The van der Waals surface area contributed by atoms with Gasteiger partial charge in [0.1, 0.15) is 11.5 Å². The van der Waals surface area contributed by atoms with Crippen LogP contribution in [0, 0.1) is 6.92 Å². The summed E-state index contributed by atoms with van der Waals surface area (Å²) in [5.41, 5.74) is 5.00. The molecule has 2 aromatic heterocycles. The smallest absolute Gasteiger partial charge is 0.268 e. The first-order valence-electron chi connectivity index (χ1n) is 11.0. The molecule has 160 valence electrons. The summed E-state index contributed by atoms with van der Waals surface area (Å²) in [6.45, 7) is 13.1. The van der Waals surface area contributed by atoms with Crippen molar-refractivity contribution in [3.8, 4) is 0 Å². The van der Waals surface area contributed by atoms with Gasteiger partial charge in [-0.05, 0) is 49.4 Å². The van der Waals surface area contributed by atoms with Gasteiger partial charge in [-0.1, -0.05) is 45.0 Å². The van der Waals surface area contributed by atoms with Crippen LogP contribution in [0.15, 0.2) is 40.8 Å². The van der Waals surface area contributed by atoms with Gasteiger partial charge in [0.05, 0.1) is 5.52 Å². The highest BCUT2D eigenvalue weighted by molar-refractivity contribution is 5.97. The van der Waals surface area contributed by atoms with Gasteiger partial charge in [-0.15, -0.1) is 0 Å². The fourth-order valence-electron chi connectivity index (χ4n) is 4.24. The van der Waals surface area contributed by atoms with E-state index in [9.17, 15) is 4.79 Å². The molecule has 3 aromatic rings. The Morgan fingerprint density at radius 2 is 1.80 bits per heavy atom. The van der Waals surface area contributed by atoms with E-state index >= 15 is 0 Å². The maximum atomic E-state index is 13.0. The molecule has 1 amide bonds. The van der Waals surface area contributed by atoms with Crippen LogP contribution in [0.2, 0.25) is 0 Å². The number of aromatic nitrogens is 1. The summed E-state index contributed by atoms with van der Waals surface area (Å²) in [6, 6.07) is 12.6. The van der Waals surface area contributed by atoms with Crippen LogP contribution < -0.4 is 5.32 Å². The molecule has 0 bridgehead atoms. The third kappa shape index (κ3) is 4.46. The zero-order chi connectivity index (χ0) is 21.3. The summed E-state index contributed by atoms with van der Waals surface area (Å²) < 4.78 is 7.89. The number of hydrogen-bond donors (Lipinski definition) is 1. The second kappa shape index (κ2) is 8.31. The van der Waals surface area contributed by atoms with Crippen molar-refractivity contribution >= 4 is 17.0 Å². The van der Waals surface area contributed by atoms with E-state index in [4.69, 9.17) is 4.42 Å². The number of furan rings is 1. The fourth-order valence-corrected chi connectivity index (χ4v) is 4.24. The second-order valence-corrected chi connectivity index (χ2v) is 9.47. The predicted octanol–water partition coefficient (Wildman–Crippen LogP) is 4.71. The number of carbonyl (C=O) groups excluding carboxylic acids is 1. The fraction of sp³-hybridized carbons (Fsp3) is 0.480. The number of amides is 1. The Morgan fingerprint density at radius 3 is 2.47 bits per heavy atom. The standard InChI is InChI=1S/C25H33N3O2/c1-18-15-21-23(30-18)16-22(24(29)26-11-14-27-12-5-6-13-27)28(21)17-19-7-9-20(10-8-19)25(2,3)4/h7-10,15-16H,5-6,11-14,17H2,1-4H3,(H,26,29). The molecule has 5 nitrogen and oxygen atoms in total. The average Bonchev–Trinajstić information content (AvgIpc) is 3.39. The predicted molar refractivity (Wildman–Crippen MR) is 121 cm³/mol. The average molecular weight is 408 g/mol. The lowest BCUT2D eigenvalue weighted by atomic mass is 9.87. The number of nitrogens with one attached hydrogen (secondary N) is 1. The van der Waals surface area contributed by atoms with E-state index in [0.717, 1.165) is 36.5 Å². The number of carbonyl (C=O) groups is 1. The highest BCUT2D eigenvalue weighted by atomic mass is 16.3.